The summed E-state index contributed by atoms with van der Waals surface area (Å²) in [6, 6.07) is 3.44. The van der Waals surface area contributed by atoms with Gasteiger partial charge in [-0.15, -0.1) is 0 Å². The Morgan fingerprint density at radius 2 is 1.18 bits per heavy atom. The van der Waals surface area contributed by atoms with E-state index in [9.17, 15) is 9.59 Å². The van der Waals surface area contributed by atoms with Crippen LogP contribution in [0.4, 0.5) is 0 Å². The normalized spacial score (nSPS) is 10.4. The fourth-order valence-corrected chi connectivity index (χ4v) is 3.62. The zero-order chi connectivity index (χ0) is 21.2. The van der Waals surface area contributed by atoms with Gasteiger partial charge >= 0.3 is 0 Å². The van der Waals surface area contributed by atoms with Gasteiger partial charge in [0, 0.05) is 11.6 Å². The molecule has 0 aliphatic carbocycles. The minimum atomic E-state index is -0.143. The molecule has 0 saturated heterocycles. The number of benzene rings is 2. The third kappa shape index (κ3) is 3.42. The summed E-state index contributed by atoms with van der Waals surface area (Å²) in [7, 11) is 6.08. The molecule has 0 atom stereocenters. The topological polar surface area (TPSA) is 71.1 Å². The zero-order valence-corrected chi connectivity index (χ0v) is 17.6. The summed E-state index contributed by atoms with van der Waals surface area (Å²) in [5, 5.41) is 0. The summed E-state index contributed by atoms with van der Waals surface area (Å²) >= 11 is 0. The summed E-state index contributed by atoms with van der Waals surface area (Å²) in [5.41, 5.74) is 3.46. The predicted octanol–water partition coefficient (Wildman–Crippen LogP) is 4.41. The summed E-state index contributed by atoms with van der Waals surface area (Å²) < 4.78 is 22.3. The largest absolute Gasteiger partial charge is 0.496 e. The number of Topliss-reactive ketones (excluding diaryl/α,β-unsaturated/α-hetero) is 2. The van der Waals surface area contributed by atoms with E-state index in [-0.39, 0.29) is 11.6 Å². The van der Waals surface area contributed by atoms with E-state index in [2.05, 4.69) is 0 Å². The van der Waals surface area contributed by atoms with Gasteiger partial charge in [-0.25, -0.2) is 0 Å². The van der Waals surface area contributed by atoms with Gasteiger partial charge in [0.25, 0.3) is 0 Å². The molecule has 0 aromatic heterocycles. The van der Waals surface area contributed by atoms with Crippen LogP contribution in [-0.4, -0.2) is 40.0 Å². The fourth-order valence-electron chi connectivity index (χ4n) is 3.62. The molecule has 0 spiro atoms. The molecule has 150 valence electrons. The Balaban J connectivity index is 3.11. The maximum atomic E-state index is 12.3. The van der Waals surface area contributed by atoms with Crippen LogP contribution in [0.2, 0.25) is 0 Å². The Morgan fingerprint density at radius 3 is 1.61 bits per heavy atom. The lowest BCUT2D eigenvalue weighted by Crippen LogP contribution is -2.08. The van der Waals surface area contributed by atoms with Crippen LogP contribution in [0, 0.1) is 13.8 Å². The van der Waals surface area contributed by atoms with Gasteiger partial charge in [0.15, 0.2) is 11.6 Å². The average molecular weight is 386 g/mol. The van der Waals surface area contributed by atoms with E-state index in [4.69, 9.17) is 18.9 Å². The van der Waals surface area contributed by atoms with E-state index in [0.717, 1.165) is 5.56 Å². The van der Waals surface area contributed by atoms with Gasteiger partial charge in [-0.1, -0.05) is 0 Å². The van der Waals surface area contributed by atoms with Crippen LogP contribution in [0.3, 0.4) is 0 Å². The van der Waals surface area contributed by atoms with Crippen molar-refractivity contribution in [3.8, 4) is 34.1 Å². The number of hydrogen-bond donors (Lipinski definition) is 0. The lowest BCUT2D eigenvalue weighted by Gasteiger charge is -2.23. The summed E-state index contributed by atoms with van der Waals surface area (Å²) in [6.45, 7) is 6.60. The first-order chi connectivity index (χ1) is 13.2. The van der Waals surface area contributed by atoms with Crippen molar-refractivity contribution in [2.75, 3.05) is 28.4 Å². The molecule has 0 bridgehead atoms. The van der Waals surface area contributed by atoms with E-state index in [1.165, 1.54) is 35.2 Å². The van der Waals surface area contributed by atoms with E-state index in [0.29, 0.717) is 50.8 Å². The predicted molar refractivity (Wildman–Crippen MR) is 108 cm³/mol. The molecule has 2 aromatic rings. The highest BCUT2D eigenvalue weighted by Crippen LogP contribution is 2.49. The van der Waals surface area contributed by atoms with Crippen molar-refractivity contribution < 1.29 is 28.5 Å². The summed E-state index contributed by atoms with van der Waals surface area (Å²) in [4.78, 5) is 24.6. The van der Waals surface area contributed by atoms with Crippen LogP contribution >= 0.6 is 0 Å². The standard InChI is InChI=1S/C22H26O6/c1-11-9-15(25-5)21(22(28-8)18(11)13(3)23)20-12(2)19(14(4)24)16(26-6)10-17(20)27-7/h9-10H,1-8H3. The third-order valence-electron chi connectivity index (χ3n) is 4.77. The average Bonchev–Trinajstić information content (AvgIpc) is 2.65. The number of rotatable bonds is 7. The number of carbonyl (C=O) groups excluding carboxylic acids is 2. The second-order valence-corrected chi connectivity index (χ2v) is 6.45. The Kier molecular flexibility index (Phi) is 6.33. The minimum Gasteiger partial charge on any atom is -0.496 e. The summed E-state index contributed by atoms with van der Waals surface area (Å²) in [5.74, 6) is 1.52. The van der Waals surface area contributed by atoms with Crippen molar-refractivity contribution in [3.05, 3.63) is 34.4 Å². The molecule has 0 aliphatic heterocycles. The highest BCUT2D eigenvalue weighted by Gasteiger charge is 2.28. The quantitative estimate of drug-likeness (QED) is 0.657. The summed E-state index contributed by atoms with van der Waals surface area (Å²) in [6.07, 6.45) is 0. The van der Waals surface area contributed by atoms with Gasteiger partial charge in [-0.2, -0.15) is 0 Å². The van der Waals surface area contributed by atoms with Gasteiger partial charge < -0.3 is 18.9 Å². The van der Waals surface area contributed by atoms with Crippen molar-refractivity contribution in [1.29, 1.82) is 0 Å². The van der Waals surface area contributed by atoms with Crippen LogP contribution in [0.5, 0.6) is 23.0 Å². The highest BCUT2D eigenvalue weighted by atomic mass is 16.5. The minimum absolute atomic E-state index is 0.129. The first kappa shape index (κ1) is 21.3. The molecule has 0 fully saturated rings. The molecule has 0 unspecified atom stereocenters. The van der Waals surface area contributed by atoms with Crippen molar-refractivity contribution in [1.82, 2.24) is 0 Å². The molecule has 0 aliphatic rings. The second-order valence-electron chi connectivity index (χ2n) is 6.45. The van der Waals surface area contributed by atoms with Crippen molar-refractivity contribution in [3.63, 3.8) is 0 Å². The molecule has 6 nitrogen and oxygen atoms in total. The van der Waals surface area contributed by atoms with Gasteiger partial charge in [0.05, 0.1) is 45.1 Å². The smallest absolute Gasteiger partial charge is 0.163 e. The van der Waals surface area contributed by atoms with Crippen LogP contribution in [0.25, 0.3) is 11.1 Å². The first-order valence-electron chi connectivity index (χ1n) is 8.76. The van der Waals surface area contributed by atoms with Crippen LogP contribution in [-0.2, 0) is 0 Å². The zero-order valence-electron chi connectivity index (χ0n) is 17.6. The SMILES string of the molecule is COc1cc(OC)c(-c2c(OC)cc(C)c(C(C)=O)c2OC)c(C)c1C(C)=O. The number of carbonyl (C=O) groups is 2. The van der Waals surface area contributed by atoms with Crippen LogP contribution in [0.15, 0.2) is 12.1 Å². The third-order valence-corrected chi connectivity index (χ3v) is 4.77. The van der Waals surface area contributed by atoms with E-state index in [1.807, 2.05) is 13.8 Å². The maximum absolute atomic E-state index is 12.3. The molecular formula is C22H26O6. The van der Waals surface area contributed by atoms with Crippen molar-refractivity contribution in [2.24, 2.45) is 0 Å². The van der Waals surface area contributed by atoms with E-state index >= 15 is 0 Å². The number of ketones is 2. The van der Waals surface area contributed by atoms with E-state index < -0.39 is 0 Å². The highest BCUT2D eigenvalue weighted by molar-refractivity contribution is 6.05. The molecule has 0 amide bonds. The number of aryl methyl sites for hydroxylation is 1. The Bertz CT molecular complexity index is 943. The molecule has 2 rings (SSSR count). The molecule has 28 heavy (non-hydrogen) atoms. The number of hydrogen-bond acceptors (Lipinski definition) is 6. The van der Waals surface area contributed by atoms with Gasteiger partial charge in [0.2, 0.25) is 0 Å². The molecule has 0 saturated carbocycles. The van der Waals surface area contributed by atoms with Crippen LogP contribution in [0.1, 0.15) is 45.7 Å². The van der Waals surface area contributed by atoms with E-state index in [1.54, 1.807) is 19.2 Å². The molecule has 2 aromatic carbocycles. The maximum Gasteiger partial charge on any atom is 0.163 e. The van der Waals surface area contributed by atoms with Gasteiger partial charge in [-0.3, -0.25) is 9.59 Å². The molecule has 0 N–H and O–H groups in total. The van der Waals surface area contributed by atoms with Gasteiger partial charge in [0.1, 0.15) is 23.0 Å². The molecule has 0 heterocycles. The number of ether oxygens (including phenoxy) is 4. The Morgan fingerprint density at radius 1 is 0.679 bits per heavy atom. The lowest BCUT2D eigenvalue weighted by atomic mass is 9.89. The first-order valence-corrected chi connectivity index (χ1v) is 8.76. The van der Waals surface area contributed by atoms with Gasteiger partial charge in [-0.05, 0) is 44.9 Å². The Hall–Kier alpha value is -3.02. The molecular weight excluding hydrogens is 360 g/mol. The second kappa shape index (κ2) is 8.33. The molecule has 6 heteroatoms. The van der Waals surface area contributed by atoms with Crippen LogP contribution < -0.4 is 18.9 Å². The monoisotopic (exact) mass is 386 g/mol. The lowest BCUT2D eigenvalue weighted by molar-refractivity contribution is 0.100. The fraction of sp³-hybridized carbons (Fsp3) is 0.364. The number of methoxy groups -OCH3 is 4. The molecule has 0 radical (unpaired) electrons. The Labute approximate surface area is 165 Å². The van der Waals surface area contributed by atoms with Crippen molar-refractivity contribution >= 4 is 11.6 Å². The van der Waals surface area contributed by atoms with Crippen molar-refractivity contribution in [2.45, 2.75) is 27.7 Å².